The maximum Gasteiger partial charge on any atom is 0 e. The molecule has 0 saturated heterocycles. The molecule has 0 saturated carbocycles. The van der Waals surface area contributed by atoms with E-state index in [1.54, 1.807) is 0 Å². The van der Waals surface area contributed by atoms with Crippen molar-refractivity contribution in [3.63, 3.8) is 0 Å². The van der Waals surface area contributed by atoms with E-state index >= 15 is 0 Å². The summed E-state index contributed by atoms with van der Waals surface area (Å²) in [7, 11) is 0.525. The summed E-state index contributed by atoms with van der Waals surface area (Å²) in [5.41, 5.74) is 5.39. The van der Waals surface area contributed by atoms with Crippen molar-refractivity contribution in [2.24, 2.45) is 0 Å². The Hall–Kier alpha value is 1.35. The Balaban J connectivity index is -0.000000295. The molecule has 0 N–H and O–H groups in total. The Morgan fingerprint density at radius 1 is 0.333 bits per heavy atom. The molecule has 0 aromatic heterocycles. The van der Waals surface area contributed by atoms with E-state index in [1.807, 2.05) is 0 Å². The SMILES string of the molecule is CC(C)P(C(C)C)C(C)C.CC(C)P(C(C)C)C(C)C.[Ni]. The molecule has 0 aromatic carbocycles. The Labute approximate surface area is 149 Å². The van der Waals surface area contributed by atoms with Crippen LogP contribution in [-0.2, 0) is 16.5 Å². The number of hydrogen-bond acceptors (Lipinski definition) is 0. The minimum Gasteiger partial charge on any atom is -0.0988 e. The fourth-order valence-corrected chi connectivity index (χ4v) is 10.7. The van der Waals surface area contributed by atoms with Gasteiger partial charge in [-0.25, -0.2) is 0 Å². The van der Waals surface area contributed by atoms with Crippen LogP contribution >= 0.6 is 15.8 Å². The molecule has 0 unspecified atom stereocenters. The van der Waals surface area contributed by atoms with Gasteiger partial charge >= 0.3 is 0 Å². The molecule has 0 aromatic rings. The van der Waals surface area contributed by atoms with Crippen LogP contribution in [0, 0.1) is 0 Å². The molecule has 0 radical (unpaired) electrons. The minimum atomic E-state index is 0. The molecular formula is C18H42NiP2. The van der Waals surface area contributed by atoms with E-state index in [9.17, 15) is 0 Å². The molecule has 0 rings (SSSR count). The normalized spacial score (nSPS) is 12.0. The molecule has 0 aliphatic carbocycles. The van der Waals surface area contributed by atoms with Gasteiger partial charge in [0.25, 0.3) is 0 Å². The summed E-state index contributed by atoms with van der Waals surface area (Å²) in [4.78, 5) is 0. The molecule has 0 heterocycles. The molecule has 0 amide bonds. The third kappa shape index (κ3) is 12.4. The summed E-state index contributed by atoms with van der Waals surface area (Å²) in [6.07, 6.45) is 0. The van der Waals surface area contributed by atoms with E-state index in [0.717, 1.165) is 34.0 Å². The van der Waals surface area contributed by atoms with Crippen LogP contribution in [0.3, 0.4) is 0 Å². The van der Waals surface area contributed by atoms with Crippen molar-refractivity contribution in [3.05, 3.63) is 0 Å². The van der Waals surface area contributed by atoms with Gasteiger partial charge in [0, 0.05) is 16.5 Å². The third-order valence-corrected chi connectivity index (χ3v) is 10.7. The molecule has 0 fully saturated rings. The second-order valence-corrected chi connectivity index (χ2v) is 15.4. The van der Waals surface area contributed by atoms with Gasteiger partial charge in [0.1, 0.15) is 0 Å². The zero-order valence-corrected chi connectivity index (χ0v) is 19.5. The summed E-state index contributed by atoms with van der Waals surface area (Å²) in [5.74, 6) is 0. The number of hydrogen-bond donors (Lipinski definition) is 0. The Morgan fingerprint density at radius 3 is 0.429 bits per heavy atom. The van der Waals surface area contributed by atoms with Gasteiger partial charge in [0.15, 0.2) is 0 Å². The topological polar surface area (TPSA) is 0 Å². The van der Waals surface area contributed by atoms with Crippen LogP contribution in [0.25, 0.3) is 0 Å². The predicted molar refractivity (Wildman–Crippen MR) is 105 cm³/mol. The zero-order valence-electron chi connectivity index (χ0n) is 16.7. The first-order chi connectivity index (χ1) is 8.93. The standard InChI is InChI=1S/2C9H21P.Ni/c2*1-7(2)10(8(3)4)9(5)6;/h2*7-9H,1-6H3;. The van der Waals surface area contributed by atoms with E-state index in [-0.39, 0.29) is 32.3 Å². The smallest absolute Gasteiger partial charge is 0 e. The summed E-state index contributed by atoms with van der Waals surface area (Å²) < 4.78 is 0. The van der Waals surface area contributed by atoms with Crippen LogP contribution in [0.15, 0.2) is 0 Å². The van der Waals surface area contributed by atoms with Crippen LogP contribution in [-0.4, -0.2) is 34.0 Å². The summed E-state index contributed by atoms with van der Waals surface area (Å²) in [5, 5.41) is 0. The first kappa shape index (κ1) is 27.2. The molecule has 0 atom stereocenters. The van der Waals surface area contributed by atoms with Gasteiger partial charge in [-0.3, -0.25) is 0 Å². The van der Waals surface area contributed by atoms with Crippen molar-refractivity contribution in [3.8, 4) is 0 Å². The van der Waals surface area contributed by atoms with E-state index in [4.69, 9.17) is 0 Å². The maximum absolute atomic E-state index is 2.35. The average Bonchev–Trinajstić information content (AvgIpc) is 2.12. The first-order valence-corrected chi connectivity index (χ1v) is 11.6. The predicted octanol–water partition coefficient (Wildman–Crippen LogP) is 7.38. The van der Waals surface area contributed by atoms with Gasteiger partial charge in [-0.1, -0.05) is 98.9 Å². The van der Waals surface area contributed by atoms with Crippen LogP contribution in [0.2, 0.25) is 0 Å². The zero-order chi connectivity index (χ0) is 16.6. The second-order valence-electron chi connectivity index (χ2n) is 7.46. The molecular weight excluding hydrogens is 337 g/mol. The molecule has 0 aliphatic rings. The third-order valence-electron chi connectivity index (χ3n) is 3.58. The molecule has 21 heavy (non-hydrogen) atoms. The second kappa shape index (κ2) is 13.8. The van der Waals surface area contributed by atoms with Crippen molar-refractivity contribution < 1.29 is 16.5 Å². The van der Waals surface area contributed by atoms with E-state index in [1.165, 1.54) is 0 Å². The van der Waals surface area contributed by atoms with Gasteiger partial charge in [-0.05, 0) is 34.0 Å². The van der Waals surface area contributed by atoms with Crippen molar-refractivity contribution in [2.75, 3.05) is 0 Å². The molecule has 134 valence electrons. The fraction of sp³-hybridized carbons (Fsp3) is 1.00. The molecule has 0 bridgehead atoms. The van der Waals surface area contributed by atoms with Gasteiger partial charge in [0.05, 0.1) is 0 Å². The van der Waals surface area contributed by atoms with Crippen LogP contribution < -0.4 is 0 Å². The van der Waals surface area contributed by atoms with Crippen molar-refractivity contribution in [1.82, 2.24) is 0 Å². The number of rotatable bonds is 6. The van der Waals surface area contributed by atoms with Crippen LogP contribution in [0.5, 0.6) is 0 Å². The van der Waals surface area contributed by atoms with Gasteiger partial charge < -0.3 is 0 Å². The first-order valence-electron chi connectivity index (χ1n) is 8.48. The van der Waals surface area contributed by atoms with E-state index in [0.29, 0.717) is 0 Å². The maximum atomic E-state index is 2.35. The van der Waals surface area contributed by atoms with Crippen molar-refractivity contribution in [1.29, 1.82) is 0 Å². The van der Waals surface area contributed by atoms with E-state index < -0.39 is 0 Å². The summed E-state index contributed by atoms with van der Waals surface area (Å²) in [6, 6.07) is 0. The fourth-order valence-electron chi connectivity index (χ4n) is 3.58. The van der Waals surface area contributed by atoms with Gasteiger partial charge in [-0.2, -0.15) is 0 Å². The Morgan fingerprint density at radius 2 is 0.429 bits per heavy atom. The average molecular weight is 379 g/mol. The van der Waals surface area contributed by atoms with Crippen LogP contribution in [0.1, 0.15) is 83.1 Å². The molecule has 3 heteroatoms. The monoisotopic (exact) mass is 378 g/mol. The summed E-state index contributed by atoms with van der Waals surface area (Å²) in [6.45, 7) is 28.2. The Bertz CT molecular complexity index is 161. The molecule has 0 aliphatic heterocycles. The van der Waals surface area contributed by atoms with Crippen molar-refractivity contribution >= 4 is 15.8 Å². The van der Waals surface area contributed by atoms with Gasteiger partial charge in [0.2, 0.25) is 0 Å². The van der Waals surface area contributed by atoms with Crippen molar-refractivity contribution in [2.45, 2.75) is 117 Å². The largest absolute Gasteiger partial charge is 0.0988 e. The minimum absolute atomic E-state index is 0. The van der Waals surface area contributed by atoms with Crippen LogP contribution in [0.4, 0.5) is 0 Å². The molecule has 0 nitrogen and oxygen atoms in total. The quantitative estimate of drug-likeness (QED) is 0.334. The van der Waals surface area contributed by atoms with E-state index in [2.05, 4.69) is 83.1 Å². The van der Waals surface area contributed by atoms with Gasteiger partial charge in [-0.15, -0.1) is 0 Å². The summed E-state index contributed by atoms with van der Waals surface area (Å²) >= 11 is 0. The molecule has 0 spiro atoms. The Kier molecular flexibility index (Phi) is 17.8.